The number of rotatable bonds is 21. The minimum absolute atomic E-state index is 0.553. The molecule has 0 fully saturated rings. The van der Waals surface area contributed by atoms with Gasteiger partial charge in [0.2, 0.25) is 0 Å². The van der Waals surface area contributed by atoms with Crippen LogP contribution in [0.4, 0.5) is 0 Å². The Labute approximate surface area is 195 Å². The largest absolute Gasteiger partial charge is 0.508 e. The van der Waals surface area contributed by atoms with Crippen molar-refractivity contribution in [3.63, 3.8) is 0 Å². The maximum absolute atomic E-state index is 10.7. The Hall–Kier alpha value is -0.980. The number of benzene rings is 1. The van der Waals surface area contributed by atoms with Crippen molar-refractivity contribution in [3.05, 3.63) is 28.8 Å². The third-order valence-electron chi connectivity index (χ3n) is 6.86. The summed E-state index contributed by atoms with van der Waals surface area (Å²) in [5, 5.41) is 10.7. The number of phenolic OH excluding ortho intramolecular Hbond substituents is 1. The lowest BCUT2D eigenvalue weighted by Gasteiger charge is -2.17. The topological polar surface area (TPSA) is 20.2 Å². The zero-order valence-corrected chi connectivity index (χ0v) is 21.5. The van der Waals surface area contributed by atoms with Crippen molar-refractivity contribution in [1.82, 2.24) is 0 Å². The fourth-order valence-corrected chi connectivity index (χ4v) is 4.79. The van der Waals surface area contributed by atoms with Gasteiger partial charge in [0.25, 0.3) is 0 Å². The highest BCUT2D eigenvalue weighted by Crippen LogP contribution is 2.29. The molecule has 0 aliphatic heterocycles. The van der Waals surface area contributed by atoms with E-state index in [1.165, 1.54) is 139 Å². The molecule has 31 heavy (non-hydrogen) atoms. The fourth-order valence-electron chi connectivity index (χ4n) is 4.79. The van der Waals surface area contributed by atoms with Crippen molar-refractivity contribution in [3.8, 4) is 5.75 Å². The molecule has 1 aromatic rings. The molecule has 0 aromatic heterocycles. The predicted molar refractivity (Wildman–Crippen MR) is 139 cm³/mol. The number of aryl methyl sites for hydroxylation is 1. The predicted octanol–water partition coefficient (Wildman–Crippen LogP) is 10.1. The van der Waals surface area contributed by atoms with Crippen molar-refractivity contribution in [2.75, 3.05) is 0 Å². The normalized spacial score (nSPS) is 11.3. The summed E-state index contributed by atoms with van der Waals surface area (Å²) in [4.78, 5) is 0. The van der Waals surface area contributed by atoms with Gasteiger partial charge in [-0.15, -0.1) is 0 Å². The molecule has 0 saturated carbocycles. The van der Waals surface area contributed by atoms with Crippen LogP contribution in [-0.4, -0.2) is 5.11 Å². The molecular weight excluding hydrogens is 376 g/mol. The Kier molecular flexibility index (Phi) is 17.8. The number of hydrogen-bond donors (Lipinski definition) is 1. The lowest BCUT2D eigenvalue weighted by molar-refractivity contribution is 0.463. The van der Waals surface area contributed by atoms with E-state index in [1.807, 2.05) is 6.07 Å². The molecule has 180 valence electrons. The quantitative estimate of drug-likeness (QED) is 0.192. The minimum atomic E-state index is 0.553. The molecule has 1 aromatic carbocycles. The highest BCUT2D eigenvalue weighted by Gasteiger charge is 2.13. The average molecular weight is 431 g/mol. The molecule has 0 amide bonds. The third kappa shape index (κ3) is 13.2. The van der Waals surface area contributed by atoms with Crippen LogP contribution < -0.4 is 0 Å². The maximum Gasteiger partial charge on any atom is 0.119 e. The van der Waals surface area contributed by atoms with E-state index in [-0.39, 0.29) is 0 Å². The van der Waals surface area contributed by atoms with Crippen molar-refractivity contribution < 1.29 is 5.11 Å². The second kappa shape index (κ2) is 19.7. The van der Waals surface area contributed by atoms with Crippen LogP contribution in [0.15, 0.2) is 12.1 Å². The van der Waals surface area contributed by atoms with Crippen molar-refractivity contribution in [1.29, 1.82) is 0 Å². The van der Waals surface area contributed by atoms with Crippen LogP contribution in [0.5, 0.6) is 5.75 Å². The molecule has 0 saturated heterocycles. The van der Waals surface area contributed by atoms with E-state index in [0.29, 0.717) is 5.75 Å². The van der Waals surface area contributed by atoms with E-state index in [0.717, 1.165) is 12.8 Å². The Morgan fingerprint density at radius 3 is 1.35 bits per heavy atom. The van der Waals surface area contributed by atoms with E-state index < -0.39 is 0 Å². The van der Waals surface area contributed by atoms with Gasteiger partial charge >= 0.3 is 0 Å². The summed E-state index contributed by atoms with van der Waals surface area (Å²) in [6.07, 6.45) is 27.6. The fraction of sp³-hybridized carbons (Fsp3) is 0.800. The van der Waals surface area contributed by atoms with Crippen LogP contribution in [0.2, 0.25) is 0 Å². The van der Waals surface area contributed by atoms with E-state index in [1.54, 1.807) is 0 Å². The first kappa shape index (κ1) is 28.1. The molecule has 0 atom stereocenters. The lowest BCUT2D eigenvalue weighted by Crippen LogP contribution is -2.02. The molecule has 0 aliphatic carbocycles. The highest BCUT2D eigenvalue weighted by atomic mass is 16.3. The number of hydrogen-bond acceptors (Lipinski definition) is 1. The second-order valence-corrected chi connectivity index (χ2v) is 9.75. The maximum atomic E-state index is 10.7. The molecule has 1 heteroatoms. The van der Waals surface area contributed by atoms with Gasteiger partial charge in [-0.2, -0.15) is 0 Å². The van der Waals surface area contributed by atoms with Crippen LogP contribution >= 0.6 is 0 Å². The van der Waals surface area contributed by atoms with E-state index in [2.05, 4.69) is 26.8 Å². The van der Waals surface area contributed by atoms with Crippen LogP contribution in [0.3, 0.4) is 0 Å². The first-order chi connectivity index (χ1) is 15.2. The molecule has 0 aliphatic rings. The average Bonchev–Trinajstić information content (AvgIpc) is 2.78. The molecule has 0 heterocycles. The van der Waals surface area contributed by atoms with Gasteiger partial charge in [-0.3, -0.25) is 0 Å². The molecule has 0 bridgehead atoms. The Morgan fingerprint density at radius 1 is 0.452 bits per heavy atom. The van der Waals surface area contributed by atoms with Gasteiger partial charge in [0.1, 0.15) is 5.75 Å². The Bertz CT molecular complexity index is 533. The SMILES string of the molecule is CCCCCCCCCCCCc1c(O)ccc(CCCC)c1CCCCCCCC. The van der Waals surface area contributed by atoms with Gasteiger partial charge in [0.15, 0.2) is 0 Å². The van der Waals surface area contributed by atoms with E-state index in [9.17, 15) is 5.11 Å². The van der Waals surface area contributed by atoms with Crippen molar-refractivity contribution >= 4 is 0 Å². The third-order valence-corrected chi connectivity index (χ3v) is 6.86. The minimum Gasteiger partial charge on any atom is -0.508 e. The van der Waals surface area contributed by atoms with E-state index >= 15 is 0 Å². The number of phenols is 1. The summed E-state index contributed by atoms with van der Waals surface area (Å²) in [6, 6.07) is 4.18. The number of unbranched alkanes of at least 4 members (excludes halogenated alkanes) is 15. The first-order valence-corrected chi connectivity index (χ1v) is 14.1. The highest BCUT2D eigenvalue weighted by molar-refractivity contribution is 5.45. The lowest BCUT2D eigenvalue weighted by atomic mass is 9.89. The number of aromatic hydroxyl groups is 1. The molecule has 0 unspecified atom stereocenters. The zero-order chi connectivity index (χ0) is 22.6. The van der Waals surface area contributed by atoms with Crippen LogP contribution in [0.25, 0.3) is 0 Å². The van der Waals surface area contributed by atoms with Crippen molar-refractivity contribution in [2.24, 2.45) is 0 Å². The second-order valence-electron chi connectivity index (χ2n) is 9.75. The molecule has 1 N–H and O–H groups in total. The summed E-state index contributed by atoms with van der Waals surface area (Å²) in [5.41, 5.74) is 4.29. The molecular formula is C30H54O. The summed E-state index contributed by atoms with van der Waals surface area (Å²) in [5.74, 6) is 0.553. The van der Waals surface area contributed by atoms with Gasteiger partial charge in [0, 0.05) is 0 Å². The smallest absolute Gasteiger partial charge is 0.119 e. The summed E-state index contributed by atoms with van der Waals surface area (Å²) < 4.78 is 0. The first-order valence-electron chi connectivity index (χ1n) is 14.1. The van der Waals surface area contributed by atoms with Gasteiger partial charge in [-0.1, -0.05) is 123 Å². The van der Waals surface area contributed by atoms with Gasteiger partial charge in [0.05, 0.1) is 0 Å². The molecule has 1 rings (SSSR count). The Balaban J connectivity index is 2.48. The standard InChI is InChI=1S/C30H54O/c1-4-7-10-12-14-15-16-17-19-21-24-29-28(23-20-18-13-11-8-5-2)27(22-9-6-3)25-26-30(29)31/h25-26,31H,4-24H2,1-3H3. The van der Waals surface area contributed by atoms with Crippen LogP contribution in [0.1, 0.15) is 153 Å². The zero-order valence-electron chi connectivity index (χ0n) is 21.5. The van der Waals surface area contributed by atoms with E-state index in [4.69, 9.17) is 0 Å². The summed E-state index contributed by atoms with van der Waals surface area (Å²) >= 11 is 0. The Morgan fingerprint density at radius 2 is 0.871 bits per heavy atom. The monoisotopic (exact) mass is 430 g/mol. The van der Waals surface area contributed by atoms with Crippen LogP contribution in [-0.2, 0) is 19.3 Å². The summed E-state index contributed by atoms with van der Waals surface area (Å²) in [6.45, 7) is 6.85. The summed E-state index contributed by atoms with van der Waals surface area (Å²) in [7, 11) is 0. The molecule has 0 spiro atoms. The van der Waals surface area contributed by atoms with Gasteiger partial charge in [-0.05, 0) is 61.3 Å². The van der Waals surface area contributed by atoms with Gasteiger partial charge < -0.3 is 5.11 Å². The van der Waals surface area contributed by atoms with Crippen LogP contribution in [0, 0.1) is 0 Å². The van der Waals surface area contributed by atoms with Gasteiger partial charge in [-0.25, -0.2) is 0 Å². The molecule has 0 radical (unpaired) electrons. The molecule has 1 nitrogen and oxygen atoms in total. The van der Waals surface area contributed by atoms with Crippen molar-refractivity contribution in [2.45, 2.75) is 156 Å².